The third kappa shape index (κ3) is 7.63. The van der Waals surface area contributed by atoms with E-state index in [1.54, 1.807) is 48.5 Å². The average Bonchev–Trinajstić information content (AvgIpc) is 2.96. The Bertz CT molecular complexity index is 1330. The second-order valence-corrected chi connectivity index (χ2v) is 13.9. The van der Waals surface area contributed by atoms with Crippen LogP contribution in [-0.2, 0) is 41.0 Å². The molecule has 3 fully saturated rings. The second kappa shape index (κ2) is 13.6. The number of phosphoric acid groups is 2. The summed E-state index contributed by atoms with van der Waals surface area (Å²) in [7, 11) is -8.55. The largest absolute Gasteiger partial charge is 0.477 e. The van der Waals surface area contributed by atoms with Gasteiger partial charge in [-0.2, -0.15) is 0 Å². The predicted molar refractivity (Wildman–Crippen MR) is 147 cm³/mol. The lowest BCUT2D eigenvalue weighted by molar-refractivity contribution is -0.294. The molecule has 0 radical (unpaired) electrons. The number of hydrogen-bond donors (Lipinski definition) is 4. The van der Waals surface area contributed by atoms with Gasteiger partial charge in [0.05, 0.1) is 32.0 Å². The van der Waals surface area contributed by atoms with Gasteiger partial charge < -0.3 is 25.2 Å². The van der Waals surface area contributed by atoms with Gasteiger partial charge in [0.2, 0.25) is 0 Å². The van der Waals surface area contributed by atoms with E-state index in [0.717, 1.165) is 0 Å². The summed E-state index contributed by atoms with van der Waals surface area (Å²) in [5.41, 5.74) is 1.26. The van der Waals surface area contributed by atoms with Crippen LogP contribution in [0.15, 0.2) is 48.5 Å². The molecule has 5 rings (SSSR count). The highest BCUT2D eigenvalue weighted by Gasteiger charge is 2.51. The number of rotatable bonds is 8. The zero-order chi connectivity index (χ0) is 30.1. The highest BCUT2D eigenvalue weighted by atomic mass is 35.5. The lowest BCUT2D eigenvalue weighted by Crippen LogP contribution is -2.61. The molecule has 17 heteroatoms. The highest BCUT2D eigenvalue weighted by Crippen LogP contribution is 2.59. The molecule has 2 aromatic carbocycles. The monoisotopic (exact) mass is 670 g/mol. The van der Waals surface area contributed by atoms with Crippen molar-refractivity contribution in [1.82, 2.24) is 0 Å². The molecule has 0 saturated carbocycles. The molecule has 3 aliphatic heterocycles. The molecule has 42 heavy (non-hydrogen) atoms. The summed E-state index contributed by atoms with van der Waals surface area (Å²) >= 11 is 12.1. The van der Waals surface area contributed by atoms with Crippen LogP contribution < -0.4 is 0 Å². The van der Waals surface area contributed by atoms with Gasteiger partial charge in [0.25, 0.3) is 0 Å². The highest BCUT2D eigenvalue weighted by molar-refractivity contribution is 7.48. The van der Waals surface area contributed by atoms with Gasteiger partial charge >= 0.3 is 15.6 Å². The molecular weight excluding hydrogens is 641 g/mol. The van der Waals surface area contributed by atoms with Crippen molar-refractivity contribution in [1.29, 1.82) is 0 Å². The molecule has 0 amide bonds. The lowest BCUT2D eigenvalue weighted by Gasteiger charge is -2.43. The Kier molecular flexibility index (Phi) is 10.5. The lowest BCUT2D eigenvalue weighted by atomic mass is 9.96. The minimum absolute atomic E-state index is 0.0272. The molecule has 0 spiro atoms. The number of aliphatic hydroxyl groups is 4. The first-order valence-electron chi connectivity index (χ1n) is 13.0. The molecule has 232 valence electrons. The Labute approximate surface area is 251 Å². The predicted octanol–water partition coefficient (Wildman–Crippen LogP) is 4.07. The Hall–Kier alpha value is -0.960. The molecule has 13 nitrogen and oxygen atoms in total. The van der Waals surface area contributed by atoms with Gasteiger partial charge in [-0.1, -0.05) is 47.5 Å². The van der Waals surface area contributed by atoms with E-state index in [1.165, 1.54) is 0 Å². The Balaban J connectivity index is 1.22. The van der Waals surface area contributed by atoms with Crippen molar-refractivity contribution in [3.8, 4) is 0 Å². The standard InChI is InChI=1S/C25H30Cl2O13P2/c26-16-5-1-3-14(11-16)19-7-9-34-41(32,38-19)36-13-18(28)24-22(30)21(29)23(31)25(37-24)40-42(33)35-10-8-20(39-42)15-4-2-6-17(27)12-15/h1-6,11-12,18-25,28-31H,7-10,13H2/t18-,19+,20-,21+,22+,23+,24-,25-,41?,42?/m1/s1. The van der Waals surface area contributed by atoms with Gasteiger partial charge in [0.1, 0.15) is 30.5 Å². The van der Waals surface area contributed by atoms with Crippen molar-refractivity contribution >= 4 is 38.8 Å². The fraction of sp³-hybridized carbons (Fsp3) is 0.520. The van der Waals surface area contributed by atoms with Gasteiger partial charge in [-0.25, -0.2) is 9.13 Å². The van der Waals surface area contributed by atoms with Crippen LogP contribution in [0.5, 0.6) is 0 Å². The number of halogens is 2. The van der Waals surface area contributed by atoms with Crippen LogP contribution in [0, 0.1) is 0 Å². The van der Waals surface area contributed by atoms with Gasteiger partial charge in [-0.05, 0) is 35.4 Å². The minimum Gasteiger partial charge on any atom is -0.388 e. The van der Waals surface area contributed by atoms with Crippen LogP contribution in [0.4, 0.5) is 0 Å². The van der Waals surface area contributed by atoms with Gasteiger partial charge in [-0.3, -0.25) is 27.1 Å². The third-order valence-corrected chi connectivity index (χ3v) is 10.3. The second-order valence-electron chi connectivity index (χ2n) is 9.85. The summed E-state index contributed by atoms with van der Waals surface area (Å²) < 4.78 is 64.2. The molecule has 2 aromatic rings. The Morgan fingerprint density at radius 3 is 1.95 bits per heavy atom. The van der Waals surface area contributed by atoms with Crippen LogP contribution in [-0.4, -0.2) is 77.1 Å². The summed E-state index contributed by atoms with van der Waals surface area (Å²) in [6.45, 7) is -0.745. The summed E-state index contributed by atoms with van der Waals surface area (Å²) in [6, 6.07) is 13.5. The maximum atomic E-state index is 13.3. The molecule has 4 N–H and O–H groups in total. The Morgan fingerprint density at radius 2 is 1.38 bits per heavy atom. The normalized spacial score (nSPS) is 38.2. The van der Waals surface area contributed by atoms with Crippen LogP contribution in [0.25, 0.3) is 0 Å². The van der Waals surface area contributed by atoms with Crippen LogP contribution in [0.2, 0.25) is 10.0 Å². The first-order chi connectivity index (χ1) is 20.0. The van der Waals surface area contributed by atoms with E-state index >= 15 is 0 Å². The molecule has 10 atom stereocenters. The maximum Gasteiger partial charge on any atom is 0.477 e. The van der Waals surface area contributed by atoms with Crippen molar-refractivity contribution in [2.24, 2.45) is 0 Å². The van der Waals surface area contributed by atoms with Crippen molar-refractivity contribution in [2.75, 3.05) is 19.8 Å². The molecule has 3 aliphatic rings. The van der Waals surface area contributed by atoms with E-state index in [9.17, 15) is 29.6 Å². The zero-order valence-electron chi connectivity index (χ0n) is 21.9. The molecule has 3 heterocycles. The molecule has 0 aliphatic carbocycles. The van der Waals surface area contributed by atoms with E-state index in [1.807, 2.05) is 0 Å². The van der Waals surface area contributed by atoms with Crippen molar-refractivity contribution in [3.05, 3.63) is 69.7 Å². The number of benzene rings is 2. The number of aliphatic hydroxyl groups excluding tert-OH is 4. The van der Waals surface area contributed by atoms with E-state index in [-0.39, 0.29) is 13.2 Å². The molecule has 0 bridgehead atoms. The fourth-order valence-electron chi connectivity index (χ4n) is 4.68. The Morgan fingerprint density at radius 1 is 0.833 bits per heavy atom. The van der Waals surface area contributed by atoms with E-state index in [4.69, 9.17) is 55.1 Å². The molecule has 0 aromatic heterocycles. The van der Waals surface area contributed by atoms with E-state index < -0.39 is 71.3 Å². The summed E-state index contributed by atoms with van der Waals surface area (Å²) in [6.07, 6.45) is -11.6. The number of phosphoric ester groups is 2. The van der Waals surface area contributed by atoms with Crippen molar-refractivity contribution < 1.29 is 61.4 Å². The summed E-state index contributed by atoms with van der Waals surface area (Å²) in [5.74, 6) is 0. The minimum atomic E-state index is -4.37. The van der Waals surface area contributed by atoms with Gasteiger partial charge in [-0.15, -0.1) is 0 Å². The SMILES string of the molecule is O=P1(OC[C@@H](O)[C@H]2O[C@H](OP3(=O)OCC[C@H](c4cccc(Cl)c4)O3)[C@@H](O)[C@@H](O)[C@@H]2O)OCC[C@@H](c2cccc(Cl)c2)O1. The number of hydrogen-bond acceptors (Lipinski definition) is 13. The van der Waals surface area contributed by atoms with Crippen molar-refractivity contribution in [3.63, 3.8) is 0 Å². The van der Waals surface area contributed by atoms with Gasteiger partial charge in [0, 0.05) is 22.9 Å². The number of ether oxygens (including phenoxy) is 1. The van der Waals surface area contributed by atoms with Gasteiger partial charge in [0.15, 0.2) is 6.29 Å². The maximum absolute atomic E-state index is 13.3. The summed E-state index contributed by atoms with van der Waals surface area (Å²) in [5, 5.41) is 43.1. The topological polar surface area (TPSA) is 180 Å². The first-order valence-corrected chi connectivity index (χ1v) is 16.7. The fourth-order valence-corrected chi connectivity index (χ4v) is 7.95. The third-order valence-electron chi connectivity index (χ3n) is 6.83. The first kappa shape index (κ1) is 32.4. The molecule has 2 unspecified atom stereocenters. The van der Waals surface area contributed by atoms with Crippen molar-refractivity contribution in [2.45, 2.75) is 61.9 Å². The summed E-state index contributed by atoms with van der Waals surface area (Å²) in [4.78, 5) is 0. The smallest absolute Gasteiger partial charge is 0.388 e. The van der Waals surface area contributed by atoms with E-state index in [2.05, 4.69) is 0 Å². The quantitative estimate of drug-likeness (QED) is 0.296. The zero-order valence-corrected chi connectivity index (χ0v) is 25.2. The molecular formula is C25H30Cl2O13P2. The van der Waals surface area contributed by atoms with Crippen LogP contribution in [0.3, 0.4) is 0 Å². The van der Waals surface area contributed by atoms with E-state index in [0.29, 0.717) is 34.0 Å². The van der Waals surface area contributed by atoms with Crippen LogP contribution in [0.1, 0.15) is 36.2 Å². The molecule has 3 saturated heterocycles. The van der Waals surface area contributed by atoms with Crippen LogP contribution >= 0.6 is 38.8 Å². The average molecular weight is 671 g/mol.